The number of aromatic nitrogens is 1. The third kappa shape index (κ3) is 2.62. The summed E-state index contributed by atoms with van der Waals surface area (Å²) in [6.45, 7) is 1.89. The summed E-state index contributed by atoms with van der Waals surface area (Å²) in [4.78, 5) is 25.2. The van der Waals surface area contributed by atoms with E-state index < -0.39 is 35.0 Å². The summed E-state index contributed by atoms with van der Waals surface area (Å²) in [7, 11) is 0. The van der Waals surface area contributed by atoms with Crippen molar-refractivity contribution in [3.05, 3.63) is 39.9 Å². The van der Waals surface area contributed by atoms with E-state index in [2.05, 4.69) is 0 Å². The van der Waals surface area contributed by atoms with Crippen LogP contribution in [0.15, 0.2) is 23.1 Å². The van der Waals surface area contributed by atoms with Gasteiger partial charge in [-0.05, 0) is 19.1 Å². The molecule has 0 atom stereocenters. The van der Waals surface area contributed by atoms with Crippen LogP contribution in [0.2, 0.25) is 0 Å². The zero-order valence-electron chi connectivity index (χ0n) is 13.1. The van der Waals surface area contributed by atoms with Gasteiger partial charge >= 0.3 is 5.97 Å². The van der Waals surface area contributed by atoms with Crippen LogP contribution < -0.4 is 16.1 Å². The molecule has 1 aliphatic rings. The number of pyridine rings is 1. The lowest BCUT2D eigenvalue weighted by molar-refractivity contribution is 0.0694. The number of carbonyl (C=O) groups is 1. The van der Waals surface area contributed by atoms with Crippen LogP contribution in [0.1, 0.15) is 17.3 Å². The molecule has 2 aromatic rings. The highest BCUT2D eigenvalue weighted by atomic mass is 19.1. The number of aryl methyl sites for hydroxylation is 1. The Morgan fingerprint density at radius 3 is 2.62 bits per heavy atom. The minimum atomic E-state index is -1.43. The van der Waals surface area contributed by atoms with E-state index in [1.807, 2.05) is 6.92 Å². The summed E-state index contributed by atoms with van der Waals surface area (Å²) in [5.74, 6) is -2.06. The predicted octanol–water partition coefficient (Wildman–Crippen LogP) is 1.35. The third-order valence-corrected chi connectivity index (χ3v) is 4.15. The maximum Gasteiger partial charge on any atom is 0.341 e. The monoisotopic (exact) mass is 337 g/mol. The number of fused-ring (bicyclic) bond motifs is 1. The molecule has 1 saturated heterocycles. The molecule has 0 unspecified atom stereocenters. The molecule has 0 radical (unpaired) electrons. The van der Waals surface area contributed by atoms with E-state index in [0.717, 1.165) is 12.3 Å². The molecule has 0 bridgehead atoms. The molecule has 1 aliphatic heterocycles. The van der Waals surface area contributed by atoms with Crippen molar-refractivity contribution in [3.63, 3.8) is 0 Å². The van der Waals surface area contributed by atoms with Gasteiger partial charge in [0.2, 0.25) is 5.43 Å². The number of benzene rings is 1. The number of halogens is 2. The summed E-state index contributed by atoms with van der Waals surface area (Å²) < 4.78 is 28.6. The van der Waals surface area contributed by atoms with Gasteiger partial charge in [0.05, 0.1) is 17.7 Å². The molecule has 3 rings (SSSR count). The first-order valence-corrected chi connectivity index (χ1v) is 7.43. The molecule has 128 valence electrons. The average Bonchev–Trinajstić information content (AvgIpc) is 2.47. The number of anilines is 1. The predicted molar refractivity (Wildman–Crippen MR) is 85.9 cm³/mol. The number of carboxylic acids is 1. The minimum absolute atomic E-state index is 0.0827. The smallest absolute Gasteiger partial charge is 0.341 e. The van der Waals surface area contributed by atoms with Crippen molar-refractivity contribution in [1.29, 1.82) is 0 Å². The molecule has 3 N–H and O–H groups in total. The highest BCUT2D eigenvalue weighted by Gasteiger charge is 2.36. The summed E-state index contributed by atoms with van der Waals surface area (Å²) in [6.07, 6.45) is 1.09. The van der Waals surface area contributed by atoms with Crippen LogP contribution in [0.5, 0.6) is 0 Å². The Kier molecular flexibility index (Phi) is 3.79. The number of carboxylic acid groups (broad SMARTS) is 1. The first-order chi connectivity index (χ1) is 11.2. The van der Waals surface area contributed by atoms with Gasteiger partial charge in [0.15, 0.2) is 0 Å². The molecule has 2 heterocycles. The molecular formula is C16H17F2N3O3. The fraction of sp³-hybridized carbons (Fsp3) is 0.375. The number of hydrogen-bond acceptors (Lipinski definition) is 4. The van der Waals surface area contributed by atoms with Crippen molar-refractivity contribution in [1.82, 2.24) is 4.57 Å². The summed E-state index contributed by atoms with van der Waals surface area (Å²) in [5.41, 5.74) is 4.78. The largest absolute Gasteiger partial charge is 0.477 e. The van der Waals surface area contributed by atoms with E-state index in [1.54, 1.807) is 4.90 Å². The van der Waals surface area contributed by atoms with Crippen LogP contribution in [0.25, 0.3) is 10.9 Å². The van der Waals surface area contributed by atoms with Gasteiger partial charge < -0.3 is 20.3 Å². The first kappa shape index (κ1) is 16.4. The number of nitrogens with zero attached hydrogens (tertiary/aromatic N) is 2. The Morgan fingerprint density at radius 2 is 2.08 bits per heavy atom. The molecule has 0 amide bonds. The molecular weight excluding hydrogens is 320 g/mol. The molecule has 1 aromatic heterocycles. The number of nitrogens with two attached hydrogens (primary N) is 1. The van der Waals surface area contributed by atoms with Gasteiger partial charge in [-0.1, -0.05) is 0 Å². The molecule has 1 aromatic carbocycles. The van der Waals surface area contributed by atoms with Crippen LogP contribution >= 0.6 is 0 Å². The maximum absolute atomic E-state index is 14.4. The van der Waals surface area contributed by atoms with Crippen LogP contribution in [0, 0.1) is 5.82 Å². The Morgan fingerprint density at radius 1 is 1.42 bits per heavy atom. The van der Waals surface area contributed by atoms with E-state index in [4.69, 9.17) is 10.8 Å². The molecule has 0 aliphatic carbocycles. The molecule has 1 fully saturated rings. The van der Waals surface area contributed by atoms with Crippen LogP contribution in [-0.4, -0.2) is 40.9 Å². The summed E-state index contributed by atoms with van der Waals surface area (Å²) >= 11 is 0. The van der Waals surface area contributed by atoms with Gasteiger partial charge in [-0.15, -0.1) is 0 Å². The molecule has 6 nitrogen and oxygen atoms in total. The van der Waals surface area contributed by atoms with Crippen molar-refractivity contribution in [3.8, 4) is 0 Å². The van der Waals surface area contributed by atoms with Gasteiger partial charge in [0.25, 0.3) is 0 Å². The highest BCUT2D eigenvalue weighted by molar-refractivity contribution is 5.93. The fourth-order valence-electron chi connectivity index (χ4n) is 3.07. The molecule has 8 heteroatoms. The van der Waals surface area contributed by atoms with Crippen LogP contribution in [0.3, 0.4) is 0 Å². The minimum Gasteiger partial charge on any atom is -0.477 e. The normalized spacial score (nSPS) is 16.2. The number of aromatic carboxylic acids is 1. The number of alkyl halides is 1. The molecule has 24 heavy (non-hydrogen) atoms. The lowest BCUT2D eigenvalue weighted by Gasteiger charge is -2.47. The standard InChI is InChI=1S/C16H17F2N3O3/c1-16(19)7-21(8-16)13-5-12-9(4-11(13)18)14(22)10(15(23)24)6-20(12)3-2-17/h4-6H,2-3,7-8,19H2,1H3,(H,23,24). The zero-order chi connectivity index (χ0) is 17.6. The second-order valence-corrected chi connectivity index (χ2v) is 6.39. The first-order valence-electron chi connectivity index (χ1n) is 7.43. The Balaban J connectivity index is 2.21. The van der Waals surface area contributed by atoms with E-state index >= 15 is 0 Å². The van der Waals surface area contributed by atoms with Crippen molar-refractivity contribution < 1.29 is 18.7 Å². The Labute approximate surface area is 136 Å². The molecule has 0 spiro atoms. The van der Waals surface area contributed by atoms with Gasteiger partial charge in [-0.25, -0.2) is 13.6 Å². The topological polar surface area (TPSA) is 88.6 Å². The Hall–Kier alpha value is -2.48. The zero-order valence-corrected chi connectivity index (χ0v) is 13.1. The second kappa shape index (κ2) is 5.55. The lowest BCUT2D eigenvalue weighted by atomic mass is 9.92. The SMILES string of the molecule is CC1(N)CN(c2cc3c(cc2F)c(=O)c(C(=O)O)cn3CCF)C1. The molecule has 0 saturated carbocycles. The summed E-state index contributed by atoms with van der Waals surface area (Å²) in [6, 6.07) is 2.46. The quantitative estimate of drug-likeness (QED) is 0.879. The van der Waals surface area contributed by atoms with E-state index in [1.165, 1.54) is 10.6 Å². The Bertz CT molecular complexity index is 884. The van der Waals surface area contributed by atoms with E-state index in [9.17, 15) is 18.4 Å². The number of rotatable bonds is 4. The number of hydrogen-bond donors (Lipinski definition) is 2. The summed E-state index contributed by atoms with van der Waals surface area (Å²) in [5, 5.41) is 9.03. The third-order valence-electron chi connectivity index (χ3n) is 4.15. The van der Waals surface area contributed by atoms with Crippen molar-refractivity contribution in [2.75, 3.05) is 24.7 Å². The van der Waals surface area contributed by atoms with E-state index in [-0.39, 0.29) is 17.6 Å². The second-order valence-electron chi connectivity index (χ2n) is 6.39. The lowest BCUT2D eigenvalue weighted by Crippen LogP contribution is -2.65. The average molecular weight is 337 g/mol. The highest BCUT2D eigenvalue weighted by Crippen LogP contribution is 2.31. The van der Waals surface area contributed by atoms with Gasteiger partial charge in [0, 0.05) is 30.2 Å². The van der Waals surface area contributed by atoms with E-state index in [0.29, 0.717) is 18.6 Å². The van der Waals surface area contributed by atoms with Gasteiger partial charge in [-0.3, -0.25) is 4.79 Å². The van der Waals surface area contributed by atoms with Crippen molar-refractivity contribution >= 4 is 22.6 Å². The van der Waals surface area contributed by atoms with Crippen molar-refractivity contribution in [2.24, 2.45) is 5.73 Å². The fourth-order valence-corrected chi connectivity index (χ4v) is 3.07. The maximum atomic E-state index is 14.4. The van der Waals surface area contributed by atoms with Gasteiger partial charge in [-0.2, -0.15) is 0 Å². The van der Waals surface area contributed by atoms with Crippen LogP contribution in [0.4, 0.5) is 14.5 Å². The van der Waals surface area contributed by atoms with Crippen LogP contribution in [-0.2, 0) is 6.54 Å². The van der Waals surface area contributed by atoms with Gasteiger partial charge in [0.1, 0.15) is 18.1 Å². The van der Waals surface area contributed by atoms with Crippen molar-refractivity contribution in [2.45, 2.75) is 19.0 Å².